The summed E-state index contributed by atoms with van der Waals surface area (Å²) in [5, 5.41) is 0. The molecule has 1 atom stereocenters. The molecule has 2 N–H and O–H groups in total. The zero-order chi connectivity index (χ0) is 9.42. The molecule has 1 aliphatic rings. The summed E-state index contributed by atoms with van der Waals surface area (Å²) in [5.41, 5.74) is 6.99. The Kier molecular flexibility index (Phi) is 2.04. The molecule has 0 spiro atoms. The van der Waals surface area contributed by atoms with E-state index in [1.165, 1.54) is 6.07 Å². The van der Waals surface area contributed by atoms with Gasteiger partial charge in [0, 0.05) is 12.1 Å². The first kappa shape index (κ1) is 8.63. The number of hydrogen-bond donors (Lipinski definition) is 1. The smallest absolute Gasteiger partial charge is 0.129 e. The number of halogens is 2. The van der Waals surface area contributed by atoms with Gasteiger partial charge in [-0.1, -0.05) is 0 Å². The Morgan fingerprint density at radius 1 is 1.31 bits per heavy atom. The van der Waals surface area contributed by atoms with Crippen LogP contribution in [0, 0.1) is 11.6 Å². The fraction of sp³-hybridized carbons (Fsp3) is 0.400. The van der Waals surface area contributed by atoms with Gasteiger partial charge in [-0.2, -0.15) is 0 Å². The molecule has 1 aliphatic carbocycles. The monoisotopic (exact) mass is 183 g/mol. The molecule has 0 saturated carbocycles. The number of fused-ring (bicyclic) bond motifs is 1. The molecule has 1 aromatic carbocycles. The van der Waals surface area contributed by atoms with E-state index in [4.69, 9.17) is 5.73 Å². The number of hydrogen-bond acceptors (Lipinski definition) is 1. The highest BCUT2D eigenvalue weighted by molar-refractivity contribution is 5.33. The lowest BCUT2D eigenvalue weighted by atomic mass is 9.88. The fourth-order valence-electron chi connectivity index (χ4n) is 1.87. The van der Waals surface area contributed by atoms with E-state index in [-0.39, 0.29) is 6.04 Å². The number of rotatable bonds is 0. The van der Waals surface area contributed by atoms with Crippen molar-refractivity contribution in [3.8, 4) is 0 Å². The summed E-state index contributed by atoms with van der Waals surface area (Å²) in [6, 6.07) is 2.08. The lowest BCUT2D eigenvalue weighted by Crippen LogP contribution is -2.18. The standard InChI is InChI=1S/C10H11F2N/c11-6-4-8-7(9(12)5-6)2-1-3-10(8)13/h4-5,10H,1-3,13H2/t10-/m0/s1. The molecule has 0 aliphatic heterocycles. The third-order valence-corrected chi connectivity index (χ3v) is 2.54. The molecule has 1 aromatic rings. The Hall–Kier alpha value is -0.960. The van der Waals surface area contributed by atoms with E-state index in [2.05, 4.69) is 0 Å². The Morgan fingerprint density at radius 2 is 2.08 bits per heavy atom. The summed E-state index contributed by atoms with van der Waals surface area (Å²) < 4.78 is 26.0. The van der Waals surface area contributed by atoms with Gasteiger partial charge in [-0.15, -0.1) is 0 Å². The molecule has 1 nitrogen and oxygen atoms in total. The molecule has 0 bridgehead atoms. The second-order valence-electron chi connectivity index (χ2n) is 3.45. The van der Waals surface area contributed by atoms with E-state index in [0.29, 0.717) is 17.5 Å². The Labute approximate surface area is 75.6 Å². The summed E-state index contributed by atoms with van der Waals surface area (Å²) in [6.07, 6.45) is 2.38. The average molecular weight is 183 g/mol. The van der Waals surface area contributed by atoms with Crippen LogP contribution < -0.4 is 5.73 Å². The van der Waals surface area contributed by atoms with E-state index in [0.717, 1.165) is 18.9 Å². The SMILES string of the molecule is N[C@H]1CCCc2c(F)cc(F)cc21. The first-order valence-electron chi connectivity index (χ1n) is 4.42. The second-order valence-corrected chi connectivity index (χ2v) is 3.45. The molecule has 0 unspecified atom stereocenters. The largest absolute Gasteiger partial charge is 0.324 e. The van der Waals surface area contributed by atoms with Crippen LogP contribution in [0.3, 0.4) is 0 Å². The topological polar surface area (TPSA) is 26.0 Å². The van der Waals surface area contributed by atoms with Crippen LogP contribution in [-0.4, -0.2) is 0 Å². The minimum Gasteiger partial charge on any atom is -0.324 e. The molecular weight excluding hydrogens is 172 g/mol. The molecule has 70 valence electrons. The molecular formula is C10H11F2N. The van der Waals surface area contributed by atoms with Gasteiger partial charge in [0.2, 0.25) is 0 Å². The van der Waals surface area contributed by atoms with Gasteiger partial charge in [0.05, 0.1) is 0 Å². The maximum atomic E-state index is 13.2. The van der Waals surface area contributed by atoms with Crippen molar-refractivity contribution in [3.63, 3.8) is 0 Å². The van der Waals surface area contributed by atoms with E-state index in [9.17, 15) is 8.78 Å². The van der Waals surface area contributed by atoms with E-state index >= 15 is 0 Å². The maximum Gasteiger partial charge on any atom is 0.129 e. The Bertz CT molecular complexity index is 336. The summed E-state index contributed by atoms with van der Waals surface area (Å²) in [7, 11) is 0. The van der Waals surface area contributed by atoms with Gasteiger partial charge in [-0.25, -0.2) is 8.78 Å². The van der Waals surface area contributed by atoms with Gasteiger partial charge in [-0.3, -0.25) is 0 Å². The number of nitrogens with two attached hydrogens (primary N) is 1. The van der Waals surface area contributed by atoms with Crippen LogP contribution in [0.1, 0.15) is 30.0 Å². The molecule has 0 aromatic heterocycles. The van der Waals surface area contributed by atoms with Crippen LogP contribution in [0.2, 0.25) is 0 Å². The Balaban J connectivity index is 2.56. The van der Waals surface area contributed by atoms with E-state index < -0.39 is 11.6 Å². The minimum atomic E-state index is -0.534. The zero-order valence-corrected chi connectivity index (χ0v) is 7.19. The number of benzene rings is 1. The average Bonchev–Trinajstić information content (AvgIpc) is 2.07. The molecule has 13 heavy (non-hydrogen) atoms. The summed E-state index contributed by atoms with van der Waals surface area (Å²) in [5.74, 6) is -0.987. The molecule has 0 radical (unpaired) electrons. The highest BCUT2D eigenvalue weighted by Gasteiger charge is 2.20. The lowest BCUT2D eigenvalue weighted by Gasteiger charge is -2.22. The van der Waals surface area contributed by atoms with Gasteiger partial charge < -0.3 is 5.73 Å². The van der Waals surface area contributed by atoms with Crippen LogP contribution in [0.25, 0.3) is 0 Å². The summed E-state index contributed by atoms with van der Waals surface area (Å²) in [4.78, 5) is 0. The summed E-state index contributed by atoms with van der Waals surface area (Å²) in [6.45, 7) is 0. The van der Waals surface area contributed by atoms with Crippen molar-refractivity contribution in [3.05, 3.63) is 34.9 Å². The lowest BCUT2D eigenvalue weighted by molar-refractivity contribution is 0.513. The second kappa shape index (κ2) is 3.07. The van der Waals surface area contributed by atoms with Gasteiger partial charge in [0.25, 0.3) is 0 Å². The van der Waals surface area contributed by atoms with Crippen LogP contribution in [0.4, 0.5) is 8.78 Å². The molecule has 3 heteroatoms. The maximum absolute atomic E-state index is 13.2. The fourth-order valence-corrected chi connectivity index (χ4v) is 1.87. The molecule has 0 fully saturated rings. The quantitative estimate of drug-likeness (QED) is 0.656. The molecule has 2 rings (SSSR count). The zero-order valence-electron chi connectivity index (χ0n) is 7.19. The van der Waals surface area contributed by atoms with Crippen molar-refractivity contribution < 1.29 is 8.78 Å². The van der Waals surface area contributed by atoms with Crippen LogP contribution in [-0.2, 0) is 6.42 Å². The first-order valence-corrected chi connectivity index (χ1v) is 4.42. The van der Waals surface area contributed by atoms with E-state index in [1.54, 1.807) is 0 Å². The van der Waals surface area contributed by atoms with Crippen molar-refractivity contribution in [1.82, 2.24) is 0 Å². The molecule has 0 heterocycles. The van der Waals surface area contributed by atoms with E-state index in [1.807, 2.05) is 0 Å². The van der Waals surface area contributed by atoms with Crippen molar-refractivity contribution in [2.45, 2.75) is 25.3 Å². The summed E-state index contributed by atoms with van der Waals surface area (Å²) >= 11 is 0. The Morgan fingerprint density at radius 3 is 2.85 bits per heavy atom. The highest BCUT2D eigenvalue weighted by atomic mass is 19.1. The van der Waals surface area contributed by atoms with Crippen LogP contribution >= 0.6 is 0 Å². The van der Waals surface area contributed by atoms with Gasteiger partial charge in [-0.05, 0) is 36.5 Å². The predicted molar refractivity (Wildman–Crippen MR) is 46.2 cm³/mol. The molecule has 0 saturated heterocycles. The van der Waals surface area contributed by atoms with Gasteiger partial charge in [0.15, 0.2) is 0 Å². The van der Waals surface area contributed by atoms with Crippen molar-refractivity contribution in [2.24, 2.45) is 5.73 Å². The van der Waals surface area contributed by atoms with Crippen LogP contribution in [0.5, 0.6) is 0 Å². The van der Waals surface area contributed by atoms with Crippen molar-refractivity contribution in [2.75, 3.05) is 0 Å². The third kappa shape index (κ3) is 1.44. The predicted octanol–water partition coefficient (Wildman–Crippen LogP) is 2.30. The van der Waals surface area contributed by atoms with Gasteiger partial charge in [0.1, 0.15) is 11.6 Å². The first-order chi connectivity index (χ1) is 6.18. The highest BCUT2D eigenvalue weighted by Crippen LogP contribution is 2.30. The third-order valence-electron chi connectivity index (χ3n) is 2.54. The molecule has 0 amide bonds. The normalized spacial score (nSPS) is 21.3. The van der Waals surface area contributed by atoms with Gasteiger partial charge >= 0.3 is 0 Å². The minimum absolute atomic E-state index is 0.200. The van der Waals surface area contributed by atoms with Crippen LogP contribution in [0.15, 0.2) is 12.1 Å². The van der Waals surface area contributed by atoms with Crippen molar-refractivity contribution in [1.29, 1.82) is 0 Å². The van der Waals surface area contributed by atoms with Crippen molar-refractivity contribution >= 4 is 0 Å².